The summed E-state index contributed by atoms with van der Waals surface area (Å²) in [5.74, 6) is -1.69. The summed E-state index contributed by atoms with van der Waals surface area (Å²) in [6, 6.07) is 9.25. The zero-order chi connectivity index (χ0) is 14.5. The van der Waals surface area contributed by atoms with Gasteiger partial charge in [-0.3, -0.25) is 9.59 Å². The first-order chi connectivity index (χ1) is 8.82. The second-order valence-corrected chi connectivity index (χ2v) is 4.92. The molecular weight excluding hydrogens is 246 g/mol. The smallest absolute Gasteiger partial charge is 0.306 e. The van der Waals surface area contributed by atoms with Gasteiger partial charge in [0.2, 0.25) is 5.91 Å². The first kappa shape index (κ1) is 15.2. The molecule has 2 unspecified atom stereocenters. The van der Waals surface area contributed by atoms with Gasteiger partial charge in [0.05, 0.1) is 17.9 Å². The second kappa shape index (κ2) is 6.33. The summed E-state index contributed by atoms with van der Waals surface area (Å²) in [4.78, 5) is 22.4. The number of carboxylic acid groups (broad SMARTS) is 1. The number of rotatable bonds is 6. The maximum atomic E-state index is 11.9. The molecule has 2 atom stereocenters. The Morgan fingerprint density at radius 1 is 1.32 bits per heavy atom. The van der Waals surface area contributed by atoms with E-state index in [1.54, 1.807) is 6.92 Å². The van der Waals surface area contributed by atoms with E-state index in [1.165, 1.54) is 6.92 Å². The van der Waals surface area contributed by atoms with E-state index in [9.17, 15) is 14.7 Å². The second-order valence-electron chi connectivity index (χ2n) is 4.92. The van der Waals surface area contributed by atoms with Gasteiger partial charge >= 0.3 is 5.97 Å². The van der Waals surface area contributed by atoms with E-state index in [-0.39, 0.29) is 18.4 Å². The number of carboxylic acids is 1. The molecule has 0 aromatic heterocycles. The van der Waals surface area contributed by atoms with Crippen molar-refractivity contribution < 1.29 is 19.8 Å². The Labute approximate surface area is 112 Å². The fourth-order valence-corrected chi connectivity index (χ4v) is 1.71. The number of hydrogen-bond acceptors (Lipinski definition) is 3. The Bertz CT molecular complexity index is 442. The molecular formula is C14H19NO4. The van der Waals surface area contributed by atoms with Gasteiger partial charge in [-0.2, -0.15) is 0 Å². The first-order valence-electron chi connectivity index (χ1n) is 6.09. The lowest BCUT2D eigenvalue weighted by Gasteiger charge is -2.22. The van der Waals surface area contributed by atoms with Gasteiger partial charge in [-0.05, 0) is 19.4 Å². The van der Waals surface area contributed by atoms with Gasteiger partial charge < -0.3 is 15.5 Å². The number of carbonyl (C=O) groups is 2. The third-order valence-electron chi connectivity index (χ3n) is 2.87. The highest BCUT2D eigenvalue weighted by atomic mass is 16.4. The summed E-state index contributed by atoms with van der Waals surface area (Å²) in [6.45, 7) is 3.06. The van der Waals surface area contributed by atoms with Crippen molar-refractivity contribution in [3.8, 4) is 0 Å². The van der Waals surface area contributed by atoms with Crippen LogP contribution in [0.5, 0.6) is 0 Å². The van der Waals surface area contributed by atoms with E-state index in [4.69, 9.17) is 5.11 Å². The summed E-state index contributed by atoms with van der Waals surface area (Å²) < 4.78 is 0. The Hall–Kier alpha value is -1.88. The average Bonchev–Trinajstić information content (AvgIpc) is 2.34. The normalized spacial score (nSPS) is 15.3. The highest BCUT2D eigenvalue weighted by Crippen LogP contribution is 2.15. The van der Waals surface area contributed by atoms with Crippen molar-refractivity contribution in [3.63, 3.8) is 0 Å². The van der Waals surface area contributed by atoms with Crippen molar-refractivity contribution in [2.24, 2.45) is 0 Å². The number of aliphatic carboxylic acids is 1. The third kappa shape index (κ3) is 5.09. The van der Waals surface area contributed by atoms with Gasteiger partial charge in [0, 0.05) is 6.54 Å². The van der Waals surface area contributed by atoms with Crippen molar-refractivity contribution in [3.05, 3.63) is 35.9 Å². The molecule has 104 valence electrons. The summed E-state index contributed by atoms with van der Waals surface area (Å²) >= 11 is 0. The monoisotopic (exact) mass is 265 g/mol. The SMILES string of the molecule is CC(C(=O)NCC(C)(O)CC(=O)O)c1ccccc1. The maximum absolute atomic E-state index is 11.9. The number of benzene rings is 1. The molecule has 3 N–H and O–H groups in total. The van der Waals surface area contributed by atoms with Crippen LogP contribution >= 0.6 is 0 Å². The summed E-state index contributed by atoms with van der Waals surface area (Å²) in [5.41, 5.74) is -0.573. The van der Waals surface area contributed by atoms with Crippen molar-refractivity contribution >= 4 is 11.9 Å². The minimum atomic E-state index is -1.45. The maximum Gasteiger partial charge on any atom is 0.306 e. The van der Waals surface area contributed by atoms with E-state index in [0.29, 0.717) is 0 Å². The number of hydrogen-bond donors (Lipinski definition) is 3. The van der Waals surface area contributed by atoms with Gasteiger partial charge in [0.15, 0.2) is 0 Å². The van der Waals surface area contributed by atoms with Crippen LogP contribution in [-0.2, 0) is 9.59 Å². The Balaban J connectivity index is 2.54. The van der Waals surface area contributed by atoms with Crippen LogP contribution in [-0.4, -0.2) is 34.2 Å². The molecule has 1 aromatic rings. The minimum absolute atomic E-state index is 0.0880. The lowest BCUT2D eigenvalue weighted by molar-refractivity contribution is -0.142. The Kier molecular flexibility index (Phi) is 5.06. The van der Waals surface area contributed by atoms with E-state index in [1.807, 2.05) is 30.3 Å². The largest absolute Gasteiger partial charge is 0.481 e. The van der Waals surface area contributed by atoms with Gasteiger partial charge in [-0.1, -0.05) is 30.3 Å². The molecule has 0 fully saturated rings. The van der Waals surface area contributed by atoms with Gasteiger partial charge in [-0.15, -0.1) is 0 Å². The summed E-state index contributed by atoms with van der Waals surface area (Å²) in [5, 5.41) is 21.0. The van der Waals surface area contributed by atoms with Crippen LogP contribution in [0.2, 0.25) is 0 Å². The predicted molar refractivity (Wildman–Crippen MR) is 70.7 cm³/mol. The Morgan fingerprint density at radius 3 is 2.42 bits per heavy atom. The molecule has 0 saturated carbocycles. The molecule has 19 heavy (non-hydrogen) atoms. The molecule has 5 heteroatoms. The first-order valence-corrected chi connectivity index (χ1v) is 6.09. The molecule has 1 rings (SSSR count). The van der Waals surface area contributed by atoms with Crippen LogP contribution in [0.15, 0.2) is 30.3 Å². The average molecular weight is 265 g/mol. The minimum Gasteiger partial charge on any atom is -0.481 e. The molecule has 5 nitrogen and oxygen atoms in total. The summed E-state index contributed by atoms with van der Waals surface area (Å²) in [6.07, 6.45) is -0.410. The molecule has 0 heterocycles. The quantitative estimate of drug-likeness (QED) is 0.719. The number of aliphatic hydroxyl groups is 1. The van der Waals surface area contributed by atoms with Crippen LogP contribution in [0.3, 0.4) is 0 Å². The van der Waals surface area contributed by atoms with E-state index < -0.39 is 18.0 Å². The zero-order valence-corrected chi connectivity index (χ0v) is 11.1. The van der Waals surface area contributed by atoms with Crippen LogP contribution < -0.4 is 5.32 Å². The van der Waals surface area contributed by atoms with Gasteiger partial charge in [-0.25, -0.2) is 0 Å². The molecule has 1 aromatic carbocycles. The van der Waals surface area contributed by atoms with E-state index in [0.717, 1.165) is 5.56 Å². The van der Waals surface area contributed by atoms with Crippen molar-refractivity contribution in [2.75, 3.05) is 6.54 Å². The number of amides is 1. The molecule has 0 aliphatic heterocycles. The summed E-state index contributed by atoms with van der Waals surface area (Å²) in [7, 11) is 0. The van der Waals surface area contributed by atoms with Gasteiger partial charge in [0.1, 0.15) is 0 Å². The Morgan fingerprint density at radius 2 is 1.89 bits per heavy atom. The zero-order valence-electron chi connectivity index (χ0n) is 11.1. The van der Waals surface area contributed by atoms with Crippen LogP contribution in [0, 0.1) is 0 Å². The fraction of sp³-hybridized carbons (Fsp3) is 0.429. The number of nitrogens with one attached hydrogen (secondary N) is 1. The van der Waals surface area contributed by atoms with Crippen molar-refractivity contribution in [2.45, 2.75) is 31.8 Å². The standard InChI is InChI=1S/C14H19NO4/c1-10(11-6-4-3-5-7-11)13(18)15-9-14(2,19)8-12(16)17/h3-7,10,19H,8-9H2,1-2H3,(H,15,18)(H,16,17). The van der Waals surface area contributed by atoms with Crippen LogP contribution in [0.1, 0.15) is 31.7 Å². The topological polar surface area (TPSA) is 86.6 Å². The highest BCUT2D eigenvalue weighted by Gasteiger charge is 2.26. The molecule has 1 amide bonds. The molecule has 0 spiro atoms. The van der Waals surface area contributed by atoms with Crippen LogP contribution in [0.25, 0.3) is 0 Å². The predicted octanol–water partition coefficient (Wildman–Crippen LogP) is 1.13. The lowest BCUT2D eigenvalue weighted by atomic mass is 9.99. The highest BCUT2D eigenvalue weighted by molar-refractivity contribution is 5.83. The molecule has 0 aliphatic carbocycles. The molecule has 0 bridgehead atoms. The van der Waals surface area contributed by atoms with E-state index >= 15 is 0 Å². The van der Waals surface area contributed by atoms with E-state index in [2.05, 4.69) is 5.32 Å². The van der Waals surface area contributed by atoms with Crippen LogP contribution in [0.4, 0.5) is 0 Å². The fourth-order valence-electron chi connectivity index (χ4n) is 1.71. The molecule has 0 saturated heterocycles. The molecule has 0 aliphatic rings. The lowest BCUT2D eigenvalue weighted by Crippen LogP contribution is -2.43. The van der Waals surface area contributed by atoms with Crippen molar-refractivity contribution in [1.29, 1.82) is 0 Å². The third-order valence-corrected chi connectivity index (χ3v) is 2.87. The number of carbonyl (C=O) groups excluding carboxylic acids is 1. The van der Waals surface area contributed by atoms with Crippen molar-refractivity contribution in [1.82, 2.24) is 5.32 Å². The van der Waals surface area contributed by atoms with Gasteiger partial charge in [0.25, 0.3) is 0 Å². The molecule has 0 radical (unpaired) electrons.